The molecule has 0 radical (unpaired) electrons. The van der Waals surface area contributed by atoms with Gasteiger partial charge in [-0.05, 0) is 38.6 Å². The molecule has 0 saturated heterocycles. The summed E-state index contributed by atoms with van der Waals surface area (Å²) in [7, 11) is 0. The van der Waals surface area contributed by atoms with Crippen LogP contribution in [0.2, 0.25) is 0 Å². The molecule has 2 nitrogen and oxygen atoms in total. The van der Waals surface area contributed by atoms with Crippen molar-refractivity contribution in [3.8, 4) is 0 Å². The lowest BCUT2D eigenvalue weighted by Gasteiger charge is -2.22. The Bertz CT molecular complexity index is 229. The van der Waals surface area contributed by atoms with Crippen LogP contribution in [0.5, 0.6) is 0 Å². The normalized spacial score (nSPS) is 21.9. The summed E-state index contributed by atoms with van der Waals surface area (Å²) in [6.07, 6.45) is 9.98. The topological polar surface area (TPSA) is 20.3 Å². The molecule has 0 aromatic heterocycles. The SMILES string of the molecule is CCCCN(CC(=O)C1CCCC1)C1CC1. The van der Waals surface area contributed by atoms with Gasteiger partial charge in [-0.15, -0.1) is 0 Å². The number of nitrogens with zero attached hydrogens (tertiary/aromatic N) is 1. The van der Waals surface area contributed by atoms with E-state index in [1.165, 1.54) is 38.5 Å². The second-order valence-electron chi connectivity index (χ2n) is 5.50. The molecule has 0 spiro atoms. The molecule has 0 aliphatic heterocycles. The van der Waals surface area contributed by atoms with Crippen molar-refractivity contribution >= 4 is 5.78 Å². The summed E-state index contributed by atoms with van der Waals surface area (Å²) in [5.74, 6) is 0.934. The Kier molecular flexibility index (Phi) is 4.39. The summed E-state index contributed by atoms with van der Waals surface area (Å²) in [5, 5.41) is 0. The summed E-state index contributed by atoms with van der Waals surface area (Å²) in [5.41, 5.74) is 0. The summed E-state index contributed by atoms with van der Waals surface area (Å²) >= 11 is 0. The Balaban J connectivity index is 1.77. The molecule has 0 aromatic rings. The molecule has 0 heterocycles. The quantitative estimate of drug-likeness (QED) is 0.661. The van der Waals surface area contributed by atoms with E-state index < -0.39 is 0 Å². The summed E-state index contributed by atoms with van der Waals surface area (Å²) in [6, 6.07) is 0.747. The molecule has 2 rings (SSSR count). The molecule has 0 N–H and O–H groups in total. The fourth-order valence-electron chi connectivity index (χ4n) is 2.77. The maximum absolute atomic E-state index is 12.1. The van der Waals surface area contributed by atoms with Gasteiger partial charge in [0, 0.05) is 12.0 Å². The van der Waals surface area contributed by atoms with Crippen LogP contribution >= 0.6 is 0 Å². The molecule has 0 amide bonds. The molecule has 2 aliphatic carbocycles. The van der Waals surface area contributed by atoms with Gasteiger partial charge >= 0.3 is 0 Å². The lowest BCUT2D eigenvalue weighted by molar-refractivity contribution is -0.124. The molecule has 0 aromatic carbocycles. The van der Waals surface area contributed by atoms with Crippen LogP contribution in [0.4, 0.5) is 0 Å². The number of hydrogen-bond acceptors (Lipinski definition) is 2. The van der Waals surface area contributed by atoms with Gasteiger partial charge in [-0.2, -0.15) is 0 Å². The lowest BCUT2D eigenvalue weighted by atomic mass is 10.0. The minimum Gasteiger partial charge on any atom is -0.298 e. The van der Waals surface area contributed by atoms with Crippen molar-refractivity contribution in [3.63, 3.8) is 0 Å². The van der Waals surface area contributed by atoms with E-state index in [1.54, 1.807) is 0 Å². The number of ketones is 1. The van der Waals surface area contributed by atoms with Crippen molar-refractivity contribution in [3.05, 3.63) is 0 Å². The van der Waals surface area contributed by atoms with Gasteiger partial charge in [0.2, 0.25) is 0 Å². The van der Waals surface area contributed by atoms with E-state index in [0.29, 0.717) is 11.7 Å². The van der Waals surface area contributed by atoms with Crippen LogP contribution < -0.4 is 0 Å². The van der Waals surface area contributed by atoms with Gasteiger partial charge in [-0.25, -0.2) is 0 Å². The second kappa shape index (κ2) is 5.81. The van der Waals surface area contributed by atoms with Gasteiger partial charge in [0.1, 0.15) is 5.78 Å². The number of rotatable bonds is 7. The Hall–Kier alpha value is -0.370. The van der Waals surface area contributed by atoms with Crippen LogP contribution in [0, 0.1) is 5.92 Å². The third-order valence-electron chi connectivity index (χ3n) is 4.03. The van der Waals surface area contributed by atoms with Crippen molar-refractivity contribution in [2.45, 2.75) is 64.3 Å². The fraction of sp³-hybridized carbons (Fsp3) is 0.929. The van der Waals surface area contributed by atoms with Crippen molar-refractivity contribution in [1.82, 2.24) is 4.90 Å². The van der Waals surface area contributed by atoms with E-state index in [-0.39, 0.29) is 0 Å². The first-order valence-corrected chi connectivity index (χ1v) is 7.08. The van der Waals surface area contributed by atoms with Gasteiger partial charge in [0.15, 0.2) is 0 Å². The smallest absolute Gasteiger partial charge is 0.149 e. The summed E-state index contributed by atoms with van der Waals surface area (Å²) in [4.78, 5) is 14.6. The molecule has 2 saturated carbocycles. The molecule has 16 heavy (non-hydrogen) atoms. The average Bonchev–Trinajstić information content (AvgIpc) is 2.98. The Morgan fingerprint density at radius 1 is 1.19 bits per heavy atom. The average molecular weight is 223 g/mol. The molecule has 2 fully saturated rings. The van der Waals surface area contributed by atoms with Crippen LogP contribution in [-0.4, -0.2) is 29.8 Å². The first-order valence-electron chi connectivity index (χ1n) is 7.08. The first kappa shape index (κ1) is 12.1. The molecule has 2 aliphatic rings. The number of carbonyl (C=O) groups excluding carboxylic acids is 1. The van der Waals surface area contributed by atoms with Gasteiger partial charge < -0.3 is 0 Å². The van der Waals surface area contributed by atoms with Crippen LogP contribution in [-0.2, 0) is 4.79 Å². The maximum atomic E-state index is 12.1. The van der Waals surface area contributed by atoms with Crippen LogP contribution in [0.3, 0.4) is 0 Å². The van der Waals surface area contributed by atoms with Crippen molar-refractivity contribution in [1.29, 1.82) is 0 Å². The van der Waals surface area contributed by atoms with Gasteiger partial charge in [-0.3, -0.25) is 9.69 Å². The highest BCUT2D eigenvalue weighted by atomic mass is 16.1. The van der Waals surface area contributed by atoms with Crippen molar-refractivity contribution < 1.29 is 4.79 Å². The summed E-state index contributed by atoms with van der Waals surface area (Å²) < 4.78 is 0. The van der Waals surface area contributed by atoms with Gasteiger partial charge in [-0.1, -0.05) is 26.2 Å². The Morgan fingerprint density at radius 3 is 2.44 bits per heavy atom. The van der Waals surface area contributed by atoms with Gasteiger partial charge in [0.25, 0.3) is 0 Å². The van der Waals surface area contributed by atoms with E-state index in [4.69, 9.17) is 0 Å². The molecular formula is C14H25NO. The number of carbonyl (C=O) groups is 1. The zero-order valence-electron chi connectivity index (χ0n) is 10.6. The first-order chi connectivity index (χ1) is 7.81. The zero-order chi connectivity index (χ0) is 11.4. The predicted molar refractivity (Wildman–Crippen MR) is 66.5 cm³/mol. The molecule has 0 atom stereocenters. The number of Topliss-reactive ketones (excluding diaryl/α,β-unsaturated/α-hetero) is 1. The molecule has 0 bridgehead atoms. The standard InChI is InChI=1S/C14H25NO/c1-2-3-10-15(13-8-9-13)11-14(16)12-6-4-5-7-12/h12-13H,2-11H2,1H3. The Morgan fingerprint density at radius 2 is 1.88 bits per heavy atom. The van der Waals surface area contributed by atoms with E-state index in [9.17, 15) is 4.79 Å². The van der Waals surface area contributed by atoms with Crippen LogP contribution in [0.15, 0.2) is 0 Å². The van der Waals surface area contributed by atoms with Gasteiger partial charge in [0.05, 0.1) is 6.54 Å². The summed E-state index contributed by atoms with van der Waals surface area (Å²) in [6.45, 7) is 4.11. The number of unbranched alkanes of at least 4 members (excludes halogenated alkanes) is 1. The third kappa shape index (κ3) is 3.31. The van der Waals surface area contributed by atoms with Crippen molar-refractivity contribution in [2.24, 2.45) is 5.92 Å². The minimum absolute atomic E-state index is 0.405. The monoisotopic (exact) mass is 223 g/mol. The molecule has 2 heteroatoms. The van der Waals surface area contributed by atoms with E-state index in [0.717, 1.165) is 32.0 Å². The van der Waals surface area contributed by atoms with Crippen molar-refractivity contribution in [2.75, 3.05) is 13.1 Å². The van der Waals surface area contributed by atoms with Crippen LogP contribution in [0.1, 0.15) is 58.3 Å². The lowest BCUT2D eigenvalue weighted by Crippen LogP contribution is -2.35. The highest BCUT2D eigenvalue weighted by Gasteiger charge is 2.32. The molecule has 92 valence electrons. The highest BCUT2D eigenvalue weighted by Crippen LogP contribution is 2.29. The third-order valence-corrected chi connectivity index (χ3v) is 4.03. The number of hydrogen-bond donors (Lipinski definition) is 0. The van der Waals surface area contributed by atoms with E-state index in [2.05, 4.69) is 11.8 Å². The molecule has 0 unspecified atom stereocenters. The Labute approximate surface area is 99.4 Å². The second-order valence-corrected chi connectivity index (χ2v) is 5.50. The maximum Gasteiger partial charge on any atom is 0.149 e. The van der Waals surface area contributed by atoms with E-state index in [1.807, 2.05) is 0 Å². The van der Waals surface area contributed by atoms with Crippen LogP contribution in [0.25, 0.3) is 0 Å². The highest BCUT2D eigenvalue weighted by molar-refractivity contribution is 5.83. The zero-order valence-corrected chi connectivity index (χ0v) is 10.6. The minimum atomic E-state index is 0.405. The predicted octanol–water partition coefficient (Wildman–Crippen LogP) is 3.01. The largest absolute Gasteiger partial charge is 0.298 e. The fourth-order valence-corrected chi connectivity index (χ4v) is 2.77. The molecular weight excluding hydrogens is 198 g/mol. The van der Waals surface area contributed by atoms with E-state index >= 15 is 0 Å².